The van der Waals surface area contributed by atoms with Gasteiger partial charge in [0.25, 0.3) is 0 Å². The summed E-state index contributed by atoms with van der Waals surface area (Å²) in [7, 11) is 0. The highest BCUT2D eigenvalue weighted by Crippen LogP contribution is 2.29. The van der Waals surface area contributed by atoms with Gasteiger partial charge < -0.3 is 5.11 Å². The molecule has 0 aliphatic carbocycles. The Morgan fingerprint density at radius 1 is 1.29 bits per heavy atom. The molecular formula is C17H14ClNO2. The van der Waals surface area contributed by atoms with Crippen LogP contribution < -0.4 is 0 Å². The second kappa shape index (κ2) is 6.43. The van der Waals surface area contributed by atoms with Gasteiger partial charge in [0, 0.05) is 0 Å². The number of carboxylic acid groups (broad SMARTS) is 1. The highest BCUT2D eigenvalue weighted by molar-refractivity contribution is 6.32. The maximum Gasteiger partial charge on any atom is 0.335 e. The molecule has 0 saturated carbocycles. The van der Waals surface area contributed by atoms with Crippen molar-refractivity contribution in [2.75, 3.05) is 0 Å². The molecule has 0 unspecified atom stereocenters. The van der Waals surface area contributed by atoms with Gasteiger partial charge >= 0.3 is 5.97 Å². The molecule has 0 radical (unpaired) electrons. The van der Waals surface area contributed by atoms with Crippen LogP contribution in [0, 0.1) is 11.3 Å². The lowest BCUT2D eigenvalue weighted by Crippen LogP contribution is -1.99. The average Bonchev–Trinajstić information content (AvgIpc) is 2.47. The topological polar surface area (TPSA) is 61.1 Å². The Morgan fingerprint density at radius 2 is 2.05 bits per heavy atom. The molecule has 4 heteroatoms. The molecule has 0 heterocycles. The average molecular weight is 300 g/mol. The first-order valence-corrected chi connectivity index (χ1v) is 7.01. The molecule has 0 spiro atoms. The second-order valence-electron chi connectivity index (χ2n) is 4.73. The molecular weight excluding hydrogens is 286 g/mol. The lowest BCUT2D eigenvalue weighted by atomic mass is 9.94. The van der Waals surface area contributed by atoms with E-state index >= 15 is 0 Å². The summed E-state index contributed by atoms with van der Waals surface area (Å²) in [5, 5.41) is 18.4. The van der Waals surface area contributed by atoms with Gasteiger partial charge in [0.05, 0.1) is 16.1 Å². The molecule has 2 aromatic carbocycles. The van der Waals surface area contributed by atoms with E-state index in [0.29, 0.717) is 10.6 Å². The zero-order valence-corrected chi connectivity index (χ0v) is 12.3. The zero-order valence-electron chi connectivity index (χ0n) is 11.6. The van der Waals surface area contributed by atoms with E-state index in [9.17, 15) is 4.79 Å². The van der Waals surface area contributed by atoms with E-state index in [2.05, 4.69) is 6.92 Å². The predicted octanol–water partition coefficient (Wildman–Crippen LogP) is 4.53. The van der Waals surface area contributed by atoms with Gasteiger partial charge in [-0.05, 0) is 47.4 Å². The molecule has 0 amide bonds. The summed E-state index contributed by atoms with van der Waals surface area (Å²) < 4.78 is 0. The third-order valence-electron chi connectivity index (χ3n) is 3.28. The van der Waals surface area contributed by atoms with Crippen molar-refractivity contribution in [2.24, 2.45) is 0 Å². The highest BCUT2D eigenvalue weighted by Gasteiger charge is 2.11. The number of carbonyl (C=O) groups is 1. The van der Waals surface area contributed by atoms with Gasteiger partial charge in [0.2, 0.25) is 0 Å². The summed E-state index contributed by atoms with van der Waals surface area (Å²) in [6, 6.07) is 12.3. The molecule has 2 aromatic rings. The van der Waals surface area contributed by atoms with Gasteiger partial charge in [-0.25, -0.2) is 4.79 Å². The number of halogens is 1. The summed E-state index contributed by atoms with van der Waals surface area (Å²) in [4.78, 5) is 11.2. The lowest BCUT2D eigenvalue weighted by molar-refractivity contribution is 0.0697. The molecule has 21 heavy (non-hydrogen) atoms. The third-order valence-corrected chi connectivity index (χ3v) is 3.59. The number of carboxylic acids is 1. The monoisotopic (exact) mass is 299 g/mol. The Morgan fingerprint density at radius 3 is 2.62 bits per heavy atom. The lowest BCUT2D eigenvalue weighted by Gasteiger charge is -2.11. The van der Waals surface area contributed by atoms with Gasteiger partial charge in [-0.2, -0.15) is 5.26 Å². The van der Waals surface area contributed by atoms with Crippen LogP contribution in [0.15, 0.2) is 36.4 Å². The quantitative estimate of drug-likeness (QED) is 0.902. The van der Waals surface area contributed by atoms with Crippen molar-refractivity contribution in [1.29, 1.82) is 5.26 Å². The van der Waals surface area contributed by atoms with Crippen LogP contribution in [0.4, 0.5) is 0 Å². The van der Waals surface area contributed by atoms with Crippen molar-refractivity contribution >= 4 is 17.6 Å². The van der Waals surface area contributed by atoms with Crippen molar-refractivity contribution in [3.8, 4) is 17.2 Å². The first-order chi connectivity index (χ1) is 10.1. The first kappa shape index (κ1) is 15.1. The standard InChI is InChI=1S/C17H14ClNO2/c1-2-3-11-4-6-13(17(20)21)8-15(11)12-5-7-14(10-19)16(18)9-12/h4-9H,2-3H2,1H3,(H,20,21). The molecule has 0 aromatic heterocycles. The van der Waals surface area contributed by atoms with Crippen LogP contribution >= 0.6 is 11.6 Å². The minimum atomic E-state index is -0.959. The second-order valence-corrected chi connectivity index (χ2v) is 5.14. The Balaban J connectivity index is 2.59. The fourth-order valence-corrected chi connectivity index (χ4v) is 2.46. The number of hydrogen-bond acceptors (Lipinski definition) is 2. The normalized spacial score (nSPS) is 10.1. The molecule has 0 atom stereocenters. The van der Waals surface area contributed by atoms with Crippen molar-refractivity contribution in [3.63, 3.8) is 0 Å². The SMILES string of the molecule is CCCc1ccc(C(=O)O)cc1-c1ccc(C#N)c(Cl)c1. The molecule has 0 aliphatic rings. The van der Waals surface area contributed by atoms with E-state index in [1.807, 2.05) is 12.1 Å². The summed E-state index contributed by atoms with van der Waals surface area (Å²) in [6.45, 7) is 2.07. The van der Waals surface area contributed by atoms with Crippen LogP contribution in [-0.4, -0.2) is 11.1 Å². The Bertz CT molecular complexity index is 732. The first-order valence-electron chi connectivity index (χ1n) is 6.63. The molecule has 0 fully saturated rings. The number of aryl methyl sites for hydroxylation is 1. The van der Waals surface area contributed by atoms with Crippen molar-refractivity contribution in [1.82, 2.24) is 0 Å². The van der Waals surface area contributed by atoms with Gasteiger partial charge in [-0.15, -0.1) is 0 Å². The van der Waals surface area contributed by atoms with Crippen molar-refractivity contribution < 1.29 is 9.90 Å². The van der Waals surface area contributed by atoms with Crippen LogP contribution in [0.3, 0.4) is 0 Å². The largest absolute Gasteiger partial charge is 0.478 e. The number of hydrogen-bond donors (Lipinski definition) is 1. The molecule has 0 bridgehead atoms. The number of aromatic carboxylic acids is 1. The van der Waals surface area contributed by atoms with Gasteiger partial charge in [0.1, 0.15) is 6.07 Å². The Hall–Kier alpha value is -2.31. The minimum Gasteiger partial charge on any atom is -0.478 e. The molecule has 1 N–H and O–H groups in total. The van der Waals surface area contributed by atoms with E-state index in [-0.39, 0.29) is 5.56 Å². The Labute approximate surface area is 128 Å². The van der Waals surface area contributed by atoms with E-state index in [1.54, 1.807) is 30.3 Å². The smallest absolute Gasteiger partial charge is 0.335 e. The van der Waals surface area contributed by atoms with Gasteiger partial charge in [0.15, 0.2) is 0 Å². The summed E-state index contributed by atoms with van der Waals surface area (Å²) in [5.74, 6) is -0.959. The molecule has 106 valence electrons. The maximum atomic E-state index is 11.2. The number of nitriles is 1. The predicted molar refractivity (Wildman–Crippen MR) is 82.6 cm³/mol. The van der Waals surface area contributed by atoms with Crippen LogP contribution in [0.1, 0.15) is 34.8 Å². The molecule has 0 saturated heterocycles. The van der Waals surface area contributed by atoms with Crippen molar-refractivity contribution in [2.45, 2.75) is 19.8 Å². The summed E-state index contributed by atoms with van der Waals surface area (Å²) in [5.41, 5.74) is 3.40. The highest BCUT2D eigenvalue weighted by atomic mass is 35.5. The van der Waals surface area contributed by atoms with Gasteiger partial charge in [-0.3, -0.25) is 0 Å². The molecule has 3 nitrogen and oxygen atoms in total. The Kier molecular flexibility index (Phi) is 4.62. The van der Waals surface area contributed by atoms with Gasteiger partial charge in [-0.1, -0.05) is 37.1 Å². The summed E-state index contributed by atoms with van der Waals surface area (Å²) in [6.07, 6.45) is 1.82. The minimum absolute atomic E-state index is 0.241. The fourth-order valence-electron chi connectivity index (χ4n) is 2.24. The maximum absolute atomic E-state index is 11.2. The number of nitrogens with zero attached hydrogens (tertiary/aromatic N) is 1. The van der Waals surface area contributed by atoms with E-state index in [4.69, 9.17) is 22.0 Å². The molecule has 0 aliphatic heterocycles. The van der Waals surface area contributed by atoms with Crippen LogP contribution in [0.2, 0.25) is 5.02 Å². The fraction of sp³-hybridized carbons (Fsp3) is 0.176. The van der Waals surface area contributed by atoms with E-state index in [0.717, 1.165) is 29.5 Å². The molecule has 2 rings (SSSR count). The van der Waals surface area contributed by atoms with Crippen LogP contribution in [-0.2, 0) is 6.42 Å². The third kappa shape index (κ3) is 3.24. The van der Waals surface area contributed by atoms with Crippen molar-refractivity contribution in [3.05, 3.63) is 58.1 Å². The summed E-state index contributed by atoms with van der Waals surface area (Å²) >= 11 is 6.07. The van der Waals surface area contributed by atoms with Crippen LogP contribution in [0.25, 0.3) is 11.1 Å². The number of rotatable bonds is 4. The van der Waals surface area contributed by atoms with E-state index in [1.165, 1.54) is 0 Å². The van der Waals surface area contributed by atoms with E-state index < -0.39 is 5.97 Å². The number of benzene rings is 2. The zero-order chi connectivity index (χ0) is 15.4. The van der Waals surface area contributed by atoms with Crippen LogP contribution in [0.5, 0.6) is 0 Å².